The molecule has 0 saturated carbocycles. The van der Waals surface area contributed by atoms with E-state index in [1.165, 1.54) is 6.07 Å². The predicted molar refractivity (Wildman–Crippen MR) is 108 cm³/mol. The van der Waals surface area contributed by atoms with Gasteiger partial charge in [-0.2, -0.15) is 18.4 Å². The number of fused-ring (bicyclic) bond motifs is 1. The molecular weight excluding hydrogens is 389 g/mol. The Morgan fingerprint density at radius 2 is 1.73 bits per heavy atom. The van der Waals surface area contributed by atoms with Crippen LogP contribution in [0.25, 0.3) is 11.1 Å². The first-order chi connectivity index (χ1) is 14.2. The smallest absolute Gasteiger partial charge is 0.325 e. The van der Waals surface area contributed by atoms with Crippen LogP contribution in [0, 0.1) is 11.3 Å². The summed E-state index contributed by atoms with van der Waals surface area (Å²) in [6.07, 6.45) is -4.12. The van der Waals surface area contributed by atoms with E-state index in [4.69, 9.17) is 0 Å². The third kappa shape index (κ3) is 3.33. The van der Waals surface area contributed by atoms with Gasteiger partial charge in [0.25, 0.3) is 0 Å². The number of carbonyl (C=O) groups is 1. The maximum absolute atomic E-state index is 13.1. The Bertz CT molecular complexity index is 1190. The summed E-state index contributed by atoms with van der Waals surface area (Å²) in [5.41, 5.74) is 1.93. The van der Waals surface area contributed by atoms with Gasteiger partial charge in [0.2, 0.25) is 5.91 Å². The van der Waals surface area contributed by atoms with E-state index in [0.29, 0.717) is 34.4 Å². The van der Waals surface area contributed by atoms with Gasteiger partial charge in [0.15, 0.2) is 0 Å². The van der Waals surface area contributed by atoms with E-state index in [0.717, 1.165) is 17.7 Å². The van der Waals surface area contributed by atoms with Crippen LogP contribution in [0.4, 0.5) is 18.9 Å². The molecule has 30 heavy (non-hydrogen) atoms. The predicted octanol–water partition coefficient (Wildman–Crippen LogP) is 5.70. The molecule has 0 aromatic heterocycles. The number of hydrogen-bond donors (Lipinski definition) is 1. The molecule has 1 aliphatic rings. The van der Waals surface area contributed by atoms with Gasteiger partial charge in [-0.25, -0.2) is 0 Å². The highest BCUT2D eigenvalue weighted by Gasteiger charge is 2.43. The van der Waals surface area contributed by atoms with Crippen molar-refractivity contribution >= 4 is 11.6 Å². The molecule has 150 valence electrons. The van der Waals surface area contributed by atoms with Crippen LogP contribution in [-0.2, 0) is 22.8 Å². The lowest BCUT2D eigenvalue weighted by Crippen LogP contribution is -2.33. The third-order valence-electron chi connectivity index (χ3n) is 5.57. The number of anilines is 1. The lowest BCUT2D eigenvalue weighted by molar-refractivity contribution is -0.137. The van der Waals surface area contributed by atoms with Gasteiger partial charge < -0.3 is 5.32 Å². The standard InChI is InChI=1S/C24H17F3N2O/c1-23(13-17-5-2-3-6-18(17)14-28)20-12-16(9-10-21(20)29-22(23)30)15-7-4-8-19(11-15)24(25,26)27/h2-12H,13H2,1H3,(H,29,30). The van der Waals surface area contributed by atoms with Crippen LogP contribution >= 0.6 is 0 Å². The largest absolute Gasteiger partial charge is 0.416 e. The fourth-order valence-corrected chi connectivity index (χ4v) is 3.89. The van der Waals surface area contributed by atoms with Crippen molar-refractivity contribution in [3.63, 3.8) is 0 Å². The molecule has 3 aromatic carbocycles. The molecule has 1 aliphatic heterocycles. The number of hydrogen-bond acceptors (Lipinski definition) is 2. The summed E-state index contributed by atoms with van der Waals surface area (Å²) in [5.74, 6) is -0.202. The van der Waals surface area contributed by atoms with Gasteiger partial charge in [0.05, 0.1) is 22.6 Å². The maximum Gasteiger partial charge on any atom is 0.416 e. The summed E-state index contributed by atoms with van der Waals surface area (Å²) >= 11 is 0. The van der Waals surface area contributed by atoms with Gasteiger partial charge in [-0.05, 0) is 65.9 Å². The van der Waals surface area contributed by atoms with Gasteiger partial charge in [-0.15, -0.1) is 0 Å². The van der Waals surface area contributed by atoms with Crippen LogP contribution in [-0.4, -0.2) is 5.91 Å². The molecule has 0 saturated heterocycles. The van der Waals surface area contributed by atoms with E-state index < -0.39 is 17.2 Å². The highest BCUT2D eigenvalue weighted by Crippen LogP contribution is 2.43. The minimum absolute atomic E-state index is 0.202. The van der Waals surface area contributed by atoms with Crippen molar-refractivity contribution < 1.29 is 18.0 Å². The molecule has 1 atom stereocenters. The number of rotatable bonds is 3. The number of nitriles is 1. The van der Waals surface area contributed by atoms with E-state index >= 15 is 0 Å². The van der Waals surface area contributed by atoms with Crippen molar-refractivity contribution in [3.05, 3.63) is 89.0 Å². The summed E-state index contributed by atoms with van der Waals surface area (Å²) in [4.78, 5) is 12.8. The second-order valence-corrected chi connectivity index (χ2v) is 7.57. The monoisotopic (exact) mass is 406 g/mol. The number of benzene rings is 3. The molecule has 0 aliphatic carbocycles. The molecule has 1 N–H and O–H groups in total. The Labute approximate surface area is 171 Å². The summed E-state index contributed by atoms with van der Waals surface area (Å²) in [7, 11) is 0. The zero-order chi connectivity index (χ0) is 21.5. The number of carbonyl (C=O) groups excluding carboxylic acids is 1. The average molecular weight is 406 g/mol. The molecule has 1 unspecified atom stereocenters. The van der Waals surface area contributed by atoms with Crippen molar-refractivity contribution in [2.45, 2.75) is 24.9 Å². The lowest BCUT2D eigenvalue weighted by atomic mass is 9.77. The van der Waals surface area contributed by atoms with Gasteiger partial charge in [-0.1, -0.05) is 36.4 Å². The molecule has 4 rings (SSSR count). The molecule has 0 radical (unpaired) electrons. The summed E-state index contributed by atoms with van der Waals surface area (Å²) in [6, 6.07) is 19.5. The SMILES string of the molecule is CC1(Cc2ccccc2C#N)C(=O)Nc2ccc(-c3cccc(C(F)(F)F)c3)cc21. The van der Waals surface area contributed by atoms with Crippen molar-refractivity contribution in [2.24, 2.45) is 0 Å². The van der Waals surface area contributed by atoms with Crippen LogP contribution in [0.5, 0.6) is 0 Å². The molecule has 6 heteroatoms. The summed E-state index contributed by atoms with van der Waals surface area (Å²) in [6.45, 7) is 1.79. The molecule has 3 aromatic rings. The molecule has 0 bridgehead atoms. The molecule has 0 spiro atoms. The van der Waals surface area contributed by atoms with Crippen molar-refractivity contribution in [2.75, 3.05) is 5.32 Å². The quantitative estimate of drug-likeness (QED) is 0.607. The third-order valence-corrected chi connectivity index (χ3v) is 5.57. The average Bonchev–Trinajstić information content (AvgIpc) is 2.97. The molecule has 0 fully saturated rings. The van der Waals surface area contributed by atoms with Crippen molar-refractivity contribution in [3.8, 4) is 17.2 Å². The number of nitrogens with zero attached hydrogens (tertiary/aromatic N) is 1. The van der Waals surface area contributed by atoms with E-state index in [2.05, 4.69) is 11.4 Å². The van der Waals surface area contributed by atoms with Crippen LogP contribution in [0.3, 0.4) is 0 Å². The van der Waals surface area contributed by atoms with Crippen LogP contribution in [0.2, 0.25) is 0 Å². The fraction of sp³-hybridized carbons (Fsp3) is 0.167. The van der Waals surface area contributed by atoms with Crippen LogP contribution in [0.1, 0.15) is 29.2 Å². The zero-order valence-electron chi connectivity index (χ0n) is 16.0. The first kappa shape index (κ1) is 19.7. The van der Waals surface area contributed by atoms with Crippen molar-refractivity contribution in [1.29, 1.82) is 5.26 Å². The maximum atomic E-state index is 13.1. The number of alkyl halides is 3. The van der Waals surface area contributed by atoms with Gasteiger partial charge in [0.1, 0.15) is 0 Å². The Morgan fingerprint density at radius 1 is 1.00 bits per heavy atom. The van der Waals surface area contributed by atoms with Crippen LogP contribution < -0.4 is 5.32 Å². The highest BCUT2D eigenvalue weighted by molar-refractivity contribution is 6.06. The second-order valence-electron chi connectivity index (χ2n) is 7.57. The molecule has 3 nitrogen and oxygen atoms in total. The van der Waals surface area contributed by atoms with E-state index in [-0.39, 0.29) is 5.91 Å². The van der Waals surface area contributed by atoms with Gasteiger partial charge in [-0.3, -0.25) is 4.79 Å². The fourth-order valence-electron chi connectivity index (χ4n) is 3.89. The Kier molecular flexibility index (Phi) is 4.62. The first-order valence-corrected chi connectivity index (χ1v) is 9.34. The normalized spacial score (nSPS) is 17.9. The minimum Gasteiger partial charge on any atom is -0.325 e. The Hall–Kier alpha value is -3.59. The number of halogens is 3. The first-order valence-electron chi connectivity index (χ1n) is 9.34. The van der Waals surface area contributed by atoms with E-state index in [9.17, 15) is 23.2 Å². The van der Waals surface area contributed by atoms with Crippen LogP contribution in [0.15, 0.2) is 66.7 Å². The van der Waals surface area contributed by atoms with Crippen molar-refractivity contribution in [1.82, 2.24) is 0 Å². The molecule has 1 amide bonds. The Morgan fingerprint density at radius 3 is 2.47 bits per heavy atom. The number of nitrogens with one attached hydrogen (secondary N) is 1. The van der Waals surface area contributed by atoms with E-state index in [1.807, 2.05) is 12.1 Å². The molecular formula is C24H17F3N2O. The second kappa shape index (κ2) is 7.03. The number of amides is 1. The lowest BCUT2D eigenvalue weighted by Gasteiger charge is -2.23. The highest BCUT2D eigenvalue weighted by atomic mass is 19.4. The van der Waals surface area contributed by atoms with E-state index in [1.54, 1.807) is 43.3 Å². The summed E-state index contributed by atoms with van der Waals surface area (Å²) < 4.78 is 39.3. The van der Waals surface area contributed by atoms with Gasteiger partial charge in [0, 0.05) is 5.69 Å². The Balaban J connectivity index is 1.78. The zero-order valence-corrected chi connectivity index (χ0v) is 16.0. The van der Waals surface area contributed by atoms with Gasteiger partial charge >= 0.3 is 6.18 Å². The molecule has 1 heterocycles. The minimum atomic E-state index is -4.43. The summed E-state index contributed by atoms with van der Waals surface area (Å²) in [5, 5.41) is 12.2. The topological polar surface area (TPSA) is 52.9 Å².